The van der Waals surface area contributed by atoms with E-state index in [9.17, 15) is 5.11 Å². The summed E-state index contributed by atoms with van der Waals surface area (Å²) in [7, 11) is 0. The summed E-state index contributed by atoms with van der Waals surface area (Å²) >= 11 is 7.56. The smallest absolute Gasteiger partial charge is 0.225 e. The van der Waals surface area contributed by atoms with Crippen molar-refractivity contribution < 1.29 is 5.11 Å². The standard InChI is InChI=1S/C13H18ClN3OS/c1-4-13(5-2,7-18)17-10-9-6-8(3)19-11(9)16-12(14)15-10/h6,18H,4-5,7H2,1-3H3,(H,15,16,17). The Morgan fingerprint density at radius 3 is 2.63 bits per heavy atom. The molecule has 2 aromatic heterocycles. The first kappa shape index (κ1) is 14.5. The first-order valence-electron chi connectivity index (χ1n) is 6.36. The number of aliphatic hydroxyl groups is 1. The maximum absolute atomic E-state index is 9.65. The second-order valence-corrected chi connectivity index (χ2v) is 6.26. The Morgan fingerprint density at radius 2 is 2.05 bits per heavy atom. The number of aryl methyl sites for hydroxylation is 1. The summed E-state index contributed by atoms with van der Waals surface area (Å²) in [5, 5.41) is 14.2. The number of thiophene rings is 1. The Balaban J connectivity index is 2.49. The molecule has 0 radical (unpaired) electrons. The van der Waals surface area contributed by atoms with Crippen LogP contribution in [0.15, 0.2) is 6.07 Å². The lowest BCUT2D eigenvalue weighted by molar-refractivity contribution is 0.202. The lowest BCUT2D eigenvalue weighted by atomic mass is 9.94. The third-order valence-corrected chi connectivity index (χ3v) is 4.64. The predicted molar refractivity (Wildman–Crippen MR) is 81.2 cm³/mol. The van der Waals surface area contributed by atoms with E-state index in [2.05, 4.69) is 15.3 Å². The van der Waals surface area contributed by atoms with Gasteiger partial charge in [0.15, 0.2) is 0 Å². The molecule has 0 aliphatic heterocycles. The number of hydrogen-bond acceptors (Lipinski definition) is 5. The first-order valence-corrected chi connectivity index (χ1v) is 7.55. The zero-order valence-electron chi connectivity index (χ0n) is 11.3. The highest BCUT2D eigenvalue weighted by molar-refractivity contribution is 7.18. The molecule has 0 aromatic carbocycles. The van der Waals surface area contributed by atoms with E-state index >= 15 is 0 Å². The molecule has 6 heteroatoms. The molecule has 0 spiro atoms. The summed E-state index contributed by atoms with van der Waals surface area (Å²) in [5.41, 5.74) is -0.361. The summed E-state index contributed by atoms with van der Waals surface area (Å²) in [6.07, 6.45) is 1.62. The van der Waals surface area contributed by atoms with Gasteiger partial charge in [0, 0.05) is 4.88 Å². The molecule has 0 atom stereocenters. The third-order valence-electron chi connectivity index (χ3n) is 3.53. The van der Waals surface area contributed by atoms with Crippen molar-refractivity contribution in [3.05, 3.63) is 16.2 Å². The largest absolute Gasteiger partial charge is 0.394 e. The zero-order chi connectivity index (χ0) is 14.0. The highest BCUT2D eigenvalue weighted by Crippen LogP contribution is 2.32. The van der Waals surface area contributed by atoms with Crippen LogP contribution in [0.25, 0.3) is 10.2 Å². The van der Waals surface area contributed by atoms with Crippen molar-refractivity contribution in [3.63, 3.8) is 0 Å². The van der Waals surface area contributed by atoms with E-state index in [1.54, 1.807) is 11.3 Å². The molecule has 0 fully saturated rings. The van der Waals surface area contributed by atoms with E-state index < -0.39 is 0 Å². The van der Waals surface area contributed by atoms with Crippen molar-refractivity contribution in [1.29, 1.82) is 0 Å². The quantitative estimate of drug-likeness (QED) is 0.828. The molecule has 0 saturated carbocycles. The molecule has 0 amide bonds. The molecular weight excluding hydrogens is 282 g/mol. The van der Waals surface area contributed by atoms with Crippen LogP contribution in [0, 0.1) is 6.92 Å². The molecule has 104 valence electrons. The van der Waals surface area contributed by atoms with Gasteiger partial charge in [0.25, 0.3) is 0 Å². The van der Waals surface area contributed by atoms with Crippen LogP contribution in [-0.2, 0) is 0 Å². The maximum Gasteiger partial charge on any atom is 0.225 e. The van der Waals surface area contributed by atoms with Crippen LogP contribution < -0.4 is 5.32 Å². The maximum atomic E-state index is 9.65. The van der Waals surface area contributed by atoms with E-state index in [-0.39, 0.29) is 17.4 Å². The fourth-order valence-corrected chi connectivity index (χ4v) is 3.15. The minimum Gasteiger partial charge on any atom is -0.394 e. The Hall–Kier alpha value is -0.910. The van der Waals surface area contributed by atoms with Crippen LogP contribution >= 0.6 is 22.9 Å². The molecule has 2 rings (SSSR count). The van der Waals surface area contributed by atoms with Crippen LogP contribution in [0.2, 0.25) is 5.28 Å². The number of nitrogens with one attached hydrogen (secondary N) is 1. The highest BCUT2D eigenvalue weighted by atomic mass is 35.5. The lowest BCUT2D eigenvalue weighted by Crippen LogP contribution is -2.41. The van der Waals surface area contributed by atoms with Gasteiger partial charge >= 0.3 is 0 Å². The summed E-state index contributed by atoms with van der Waals surface area (Å²) < 4.78 is 0. The topological polar surface area (TPSA) is 58.0 Å². The van der Waals surface area contributed by atoms with E-state index in [4.69, 9.17) is 11.6 Å². The van der Waals surface area contributed by atoms with Gasteiger partial charge < -0.3 is 10.4 Å². The van der Waals surface area contributed by atoms with Gasteiger partial charge in [0.1, 0.15) is 10.6 Å². The summed E-state index contributed by atoms with van der Waals surface area (Å²) in [6.45, 7) is 6.19. The second-order valence-electron chi connectivity index (χ2n) is 4.69. The van der Waals surface area contributed by atoms with Crippen molar-refractivity contribution in [2.45, 2.75) is 39.2 Å². The van der Waals surface area contributed by atoms with Gasteiger partial charge in [0.05, 0.1) is 17.5 Å². The summed E-state index contributed by atoms with van der Waals surface area (Å²) in [4.78, 5) is 10.6. The van der Waals surface area contributed by atoms with Crippen LogP contribution in [0.3, 0.4) is 0 Å². The molecule has 2 aromatic rings. The second kappa shape index (κ2) is 5.61. The van der Waals surface area contributed by atoms with Gasteiger partial charge in [0.2, 0.25) is 5.28 Å². The third kappa shape index (κ3) is 2.83. The van der Waals surface area contributed by atoms with Crippen LogP contribution in [-0.4, -0.2) is 27.2 Å². The van der Waals surface area contributed by atoms with Gasteiger partial charge in [-0.3, -0.25) is 0 Å². The minimum atomic E-state index is -0.361. The van der Waals surface area contributed by atoms with Gasteiger partial charge in [-0.15, -0.1) is 11.3 Å². The summed E-state index contributed by atoms with van der Waals surface area (Å²) in [6, 6.07) is 2.05. The van der Waals surface area contributed by atoms with Gasteiger partial charge in [-0.05, 0) is 37.4 Å². The zero-order valence-corrected chi connectivity index (χ0v) is 12.9. The molecule has 4 nitrogen and oxygen atoms in total. The SMILES string of the molecule is CCC(CC)(CO)Nc1nc(Cl)nc2sc(C)cc12. The molecule has 0 aliphatic rings. The number of fused-ring (bicyclic) bond motifs is 1. The molecule has 2 N–H and O–H groups in total. The number of aliphatic hydroxyl groups excluding tert-OH is 1. The molecule has 0 saturated heterocycles. The van der Waals surface area contributed by atoms with E-state index in [0.29, 0.717) is 5.82 Å². The molecule has 0 aliphatic carbocycles. The van der Waals surface area contributed by atoms with Crippen LogP contribution in [0.5, 0.6) is 0 Å². The molecule has 2 heterocycles. The molecule has 0 bridgehead atoms. The monoisotopic (exact) mass is 299 g/mol. The van der Waals surface area contributed by atoms with Crippen molar-refractivity contribution in [1.82, 2.24) is 9.97 Å². The Bertz CT molecular complexity index is 572. The Kier molecular flexibility index (Phi) is 4.28. The van der Waals surface area contributed by atoms with E-state index in [0.717, 1.165) is 27.9 Å². The predicted octanol–water partition coefficient (Wildman–Crippen LogP) is 3.62. The van der Waals surface area contributed by atoms with Gasteiger partial charge in [-0.25, -0.2) is 9.97 Å². The van der Waals surface area contributed by atoms with E-state index in [1.807, 2.05) is 26.8 Å². The number of anilines is 1. The molecular formula is C13H18ClN3OS. The van der Waals surface area contributed by atoms with Crippen molar-refractivity contribution in [3.8, 4) is 0 Å². The molecule has 19 heavy (non-hydrogen) atoms. The van der Waals surface area contributed by atoms with Gasteiger partial charge in [-0.2, -0.15) is 0 Å². The number of rotatable bonds is 5. The fraction of sp³-hybridized carbons (Fsp3) is 0.538. The van der Waals surface area contributed by atoms with Crippen molar-refractivity contribution in [2.24, 2.45) is 0 Å². The first-order chi connectivity index (χ1) is 9.03. The van der Waals surface area contributed by atoms with Gasteiger partial charge in [-0.1, -0.05) is 13.8 Å². The van der Waals surface area contributed by atoms with Crippen LogP contribution in [0.4, 0.5) is 5.82 Å². The highest BCUT2D eigenvalue weighted by Gasteiger charge is 2.26. The number of hydrogen-bond donors (Lipinski definition) is 2. The van der Waals surface area contributed by atoms with E-state index in [1.165, 1.54) is 0 Å². The van der Waals surface area contributed by atoms with Crippen molar-refractivity contribution in [2.75, 3.05) is 11.9 Å². The average Bonchev–Trinajstić information content (AvgIpc) is 2.76. The molecule has 0 unspecified atom stereocenters. The van der Waals surface area contributed by atoms with Crippen LogP contribution in [0.1, 0.15) is 31.6 Å². The normalized spacial score (nSPS) is 12.1. The van der Waals surface area contributed by atoms with Crippen molar-refractivity contribution >= 4 is 39.0 Å². The lowest BCUT2D eigenvalue weighted by Gasteiger charge is -2.31. The minimum absolute atomic E-state index is 0.0617. The Morgan fingerprint density at radius 1 is 1.37 bits per heavy atom. The number of aromatic nitrogens is 2. The number of halogens is 1. The fourth-order valence-electron chi connectivity index (χ4n) is 2.05. The average molecular weight is 300 g/mol. The number of nitrogens with zero attached hydrogens (tertiary/aromatic N) is 2. The Labute approximate surface area is 121 Å². The summed E-state index contributed by atoms with van der Waals surface area (Å²) in [5.74, 6) is 0.706.